The van der Waals surface area contributed by atoms with E-state index in [4.69, 9.17) is 23.8 Å². The third kappa shape index (κ3) is 6.30. The van der Waals surface area contributed by atoms with Gasteiger partial charge in [0.15, 0.2) is 17.5 Å². The molecule has 69 heavy (non-hydrogen) atoms. The fraction of sp³-hybridized carbons (Fsp3) is 0. The van der Waals surface area contributed by atoms with Gasteiger partial charge in [0.2, 0.25) is 0 Å². The van der Waals surface area contributed by atoms with Crippen LogP contribution in [-0.4, -0.2) is 19.5 Å². The number of nitrogens with zero attached hydrogens (tertiary/aromatic N) is 4. The van der Waals surface area contributed by atoms with Crippen molar-refractivity contribution in [3.8, 4) is 73.2 Å². The fourth-order valence-corrected chi connectivity index (χ4v) is 10.4. The Labute approximate surface area is 396 Å². The zero-order valence-corrected chi connectivity index (χ0v) is 37.0. The first-order valence-electron chi connectivity index (χ1n) is 23.2. The summed E-state index contributed by atoms with van der Waals surface area (Å²) >= 11 is 0. The molecule has 0 aliphatic heterocycles. The van der Waals surface area contributed by atoms with Crippen LogP contribution in [0.25, 0.3) is 139 Å². The van der Waals surface area contributed by atoms with E-state index in [9.17, 15) is 0 Å². The van der Waals surface area contributed by atoms with Crippen molar-refractivity contribution in [2.45, 2.75) is 0 Å². The topological polar surface area (TPSA) is 69.9 Å². The van der Waals surface area contributed by atoms with Gasteiger partial charge in [-0.2, -0.15) is 0 Å². The number of aromatic nitrogens is 4. The highest BCUT2D eigenvalue weighted by molar-refractivity contribution is 6.22. The Morgan fingerprint density at radius 3 is 1.62 bits per heavy atom. The molecule has 14 rings (SSSR count). The van der Waals surface area contributed by atoms with E-state index in [1.807, 2.05) is 66.7 Å². The van der Waals surface area contributed by atoms with Crippen molar-refractivity contribution in [2.75, 3.05) is 0 Å². The van der Waals surface area contributed by atoms with Crippen molar-refractivity contribution < 1.29 is 8.83 Å². The zero-order valence-electron chi connectivity index (χ0n) is 37.0. The lowest BCUT2D eigenvalue weighted by Gasteiger charge is -2.16. The number of hydrogen-bond acceptors (Lipinski definition) is 5. The van der Waals surface area contributed by atoms with Gasteiger partial charge in [0.05, 0.1) is 16.7 Å². The van der Waals surface area contributed by atoms with Crippen molar-refractivity contribution in [2.24, 2.45) is 0 Å². The number of fused-ring (bicyclic) bond motifs is 9. The molecule has 322 valence electrons. The summed E-state index contributed by atoms with van der Waals surface area (Å²) in [7, 11) is 0. The Bertz CT molecular complexity index is 4250. The van der Waals surface area contributed by atoms with Crippen LogP contribution in [0.15, 0.2) is 239 Å². The van der Waals surface area contributed by atoms with Crippen LogP contribution >= 0.6 is 0 Å². The first-order chi connectivity index (χ1) is 34.2. The highest BCUT2D eigenvalue weighted by Gasteiger charge is 2.25. The molecule has 0 radical (unpaired) electrons. The first-order valence-corrected chi connectivity index (χ1v) is 23.2. The minimum absolute atomic E-state index is 0.602. The molecule has 0 N–H and O–H groups in total. The van der Waals surface area contributed by atoms with Gasteiger partial charge in [-0.05, 0) is 70.8 Å². The van der Waals surface area contributed by atoms with E-state index in [0.29, 0.717) is 17.5 Å². The van der Waals surface area contributed by atoms with Gasteiger partial charge in [-0.1, -0.05) is 182 Å². The molecule has 0 saturated heterocycles. The highest BCUT2D eigenvalue weighted by Crippen LogP contribution is 2.48. The van der Waals surface area contributed by atoms with Crippen LogP contribution in [0.3, 0.4) is 0 Å². The van der Waals surface area contributed by atoms with Crippen LogP contribution < -0.4 is 0 Å². The van der Waals surface area contributed by atoms with Crippen molar-refractivity contribution in [3.05, 3.63) is 231 Å². The smallest absolute Gasteiger partial charge is 0.164 e. The van der Waals surface area contributed by atoms with Crippen molar-refractivity contribution in [1.82, 2.24) is 19.5 Å². The molecule has 0 aliphatic rings. The van der Waals surface area contributed by atoms with Gasteiger partial charge in [-0.25, -0.2) is 15.0 Å². The normalized spacial score (nSPS) is 11.8. The summed E-state index contributed by atoms with van der Waals surface area (Å²) in [4.78, 5) is 15.1. The summed E-state index contributed by atoms with van der Waals surface area (Å²) in [5.74, 6) is 1.85. The molecule has 0 amide bonds. The molecule has 0 aliphatic carbocycles. The maximum absolute atomic E-state index is 7.12. The Balaban J connectivity index is 0.984. The second-order valence-electron chi connectivity index (χ2n) is 17.5. The molecule has 0 atom stereocenters. The van der Waals surface area contributed by atoms with E-state index in [-0.39, 0.29) is 0 Å². The van der Waals surface area contributed by atoms with E-state index in [2.05, 4.69) is 168 Å². The first kappa shape index (κ1) is 38.8. The minimum Gasteiger partial charge on any atom is -0.456 e. The Morgan fingerprint density at radius 2 is 0.855 bits per heavy atom. The summed E-state index contributed by atoms with van der Waals surface area (Å²) in [6.45, 7) is 0. The monoisotopic (exact) mass is 882 g/mol. The SMILES string of the molecule is c1ccc(-c2ccc3c(c2)c2ccccc2n3-c2ccc3oc4ccccc4c3c2-c2cccc3c2oc2cccc(-c4cccc(-c5nc(-c6ccccc6)nc(-c6ccccc6)n5)c4)c23)cc1. The summed E-state index contributed by atoms with van der Waals surface area (Å²) in [5.41, 5.74) is 15.7. The minimum atomic E-state index is 0.602. The maximum atomic E-state index is 7.12. The molecule has 4 aromatic heterocycles. The predicted octanol–water partition coefficient (Wildman–Crippen LogP) is 16.8. The molecule has 10 aromatic carbocycles. The lowest BCUT2D eigenvalue weighted by Crippen LogP contribution is -2.00. The van der Waals surface area contributed by atoms with Gasteiger partial charge in [0.25, 0.3) is 0 Å². The molecule has 6 nitrogen and oxygen atoms in total. The van der Waals surface area contributed by atoms with Gasteiger partial charge in [-0.15, -0.1) is 0 Å². The van der Waals surface area contributed by atoms with E-state index in [0.717, 1.165) is 99.5 Å². The second-order valence-corrected chi connectivity index (χ2v) is 17.5. The quantitative estimate of drug-likeness (QED) is 0.159. The summed E-state index contributed by atoms with van der Waals surface area (Å²) in [6, 6.07) is 80.3. The number of furan rings is 2. The van der Waals surface area contributed by atoms with Gasteiger partial charge in [0.1, 0.15) is 22.3 Å². The number of hydrogen-bond donors (Lipinski definition) is 0. The molecule has 0 spiro atoms. The molecule has 0 fully saturated rings. The zero-order chi connectivity index (χ0) is 45.4. The standard InChI is InChI=1S/C63H38N4O2/c1-4-17-39(18-5-1)42-33-34-52-50(38-42)46-25-10-12-30-51(46)67(52)53-35-36-56-59(47-26-11-13-31-54(47)68-56)58(53)49-29-15-28-48-57-45(27-16-32-55(57)69-60(48)49)43-23-14-24-44(37-43)63-65-61(40-19-6-2-7-20-40)64-62(66-63)41-21-8-3-9-22-41/h1-38H. The van der Waals surface area contributed by atoms with Crippen molar-refractivity contribution in [1.29, 1.82) is 0 Å². The molecule has 6 heteroatoms. The van der Waals surface area contributed by atoms with E-state index < -0.39 is 0 Å². The van der Waals surface area contributed by atoms with Gasteiger partial charge >= 0.3 is 0 Å². The van der Waals surface area contributed by atoms with E-state index in [1.54, 1.807) is 0 Å². The van der Waals surface area contributed by atoms with Crippen LogP contribution in [0.4, 0.5) is 0 Å². The fourth-order valence-electron chi connectivity index (χ4n) is 10.4. The molecular weight excluding hydrogens is 845 g/mol. The molecule has 0 bridgehead atoms. The summed E-state index contributed by atoms with van der Waals surface area (Å²) < 4.78 is 16.2. The molecule has 0 unspecified atom stereocenters. The van der Waals surface area contributed by atoms with Crippen LogP contribution in [-0.2, 0) is 0 Å². The Morgan fingerprint density at radius 1 is 0.304 bits per heavy atom. The van der Waals surface area contributed by atoms with Crippen molar-refractivity contribution in [3.63, 3.8) is 0 Å². The maximum Gasteiger partial charge on any atom is 0.164 e. The lowest BCUT2D eigenvalue weighted by molar-refractivity contribution is 0.668. The third-order valence-corrected chi connectivity index (χ3v) is 13.5. The van der Waals surface area contributed by atoms with Gasteiger partial charge < -0.3 is 13.4 Å². The van der Waals surface area contributed by atoms with E-state index in [1.165, 1.54) is 21.9 Å². The second kappa shape index (κ2) is 15.6. The lowest BCUT2D eigenvalue weighted by atomic mass is 9.93. The van der Waals surface area contributed by atoms with E-state index >= 15 is 0 Å². The van der Waals surface area contributed by atoms with Crippen LogP contribution in [0.5, 0.6) is 0 Å². The Hall–Kier alpha value is -9.39. The average Bonchev–Trinajstić information content (AvgIpc) is 4.11. The number of benzene rings is 10. The molecule has 4 heterocycles. The largest absolute Gasteiger partial charge is 0.456 e. The third-order valence-electron chi connectivity index (χ3n) is 13.5. The molecule has 0 saturated carbocycles. The molecule has 14 aromatic rings. The number of para-hydroxylation sites is 3. The van der Waals surface area contributed by atoms with Crippen molar-refractivity contribution >= 4 is 65.7 Å². The summed E-state index contributed by atoms with van der Waals surface area (Å²) in [6.07, 6.45) is 0. The van der Waals surface area contributed by atoms with Gasteiger partial charge in [0, 0.05) is 60.1 Å². The van der Waals surface area contributed by atoms with Gasteiger partial charge in [-0.3, -0.25) is 0 Å². The number of rotatable bonds is 7. The predicted molar refractivity (Wildman–Crippen MR) is 281 cm³/mol. The van der Waals surface area contributed by atoms with Crippen LogP contribution in [0, 0.1) is 0 Å². The van der Waals surface area contributed by atoms with Crippen LogP contribution in [0.1, 0.15) is 0 Å². The van der Waals surface area contributed by atoms with Crippen LogP contribution in [0.2, 0.25) is 0 Å². The average molecular weight is 883 g/mol. The highest BCUT2D eigenvalue weighted by atomic mass is 16.3. The molecular formula is C63H38N4O2. The summed E-state index contributed by atoms with van der Waals surface area (Å²) in [5, 5.41) is 6.52. The Kier molecular flexibility index (Phi) is 8.79.